The second-order valence-electron chi connectivity index (χ2n) is 4.32. The van der Waals surface area contributed by atoms with E-state index in [1.807, 2.05) is 6.92 Å². The summed E-state index contributed by atoms with van der Waals surface area (Å²) in [6.45, 7) is 7.28. The number of hydrogen-bond acceptors (Lipinski definition) is 3. The monoisotopic (exact) mass is 254 g/mol. The van der Waals surface area contributed by atoms with Gasteiger partial charge in [0, 0.05) is 18.1 Å². The Balaban J connectivity index is 2.30. The average Bonchev–Trinajstić information content (AvgIpc) is 2.25. The van der Waals surface area contributed by atoms with Crippen LogP contribution in [0.3, 0.4) is 0 Å². The highest BCUT2D eigenvalue weighted by atomic mass is 32.2. The molecule has 0 aliphatic heterocycles. The molecule has 17 heavy (non-hydrogen) atoms. The van der Waals surface area contributed by atoms with E-state index in [1.165, 1.54) is 16.7 Å². The van der Waals surface area contributed by atoms with Gasteiger partial charge in [-0.1, -0.05) is 29.3 Å². The molecule has 1 aromatic carbocycles. The third-order valence-electron chi connectivity index (χ3n) is 2.37. The van der Waals surface area contributed by atoms with Gasteiger partial charge in [0.2, 0.25) is 0 Å². The van der Waals surface area contributed by atoms with Gasteiger partial charge >= 0.3 is 0 Å². The predicted molar refractivity (Wildman–Crippen MR) is 74.6 cm³/mol. The Morgan fingerprint density at radius 2 is 1.88 bits per heavy atom. The van der Waals surface area contributed by atoms with Crippen LogP contribution in [0, 0.1) is 13.8 Å². The Hall–Kier alpha value is -0.510. The largest absolute Gasteiger partial charge is 0.390 e. The first kappa shape index (κ1) is 14.6. The van der Waals surface area contributed by atoms with Crippen molar-refractivity contribution in [1.82, 2.24) is 0 Å². The summed E-state index contributed by atoms with van der Waals surface area (Å²) in [5.41, 5.74) is 3.93. The first-order chi connectivity index (χ1) is 8.11. The molecule has 0 saturated carbocycles. The molecule has 2 nitrogen and oxygen atoms in total. The normalized spacial score (nSPS) is 12.7. The van der Waals surface area contributed by atoms with Crippen LogP contribution in [0.2, 0.25) is 0 Å². The molecule has 3 heteroatoms. The zero-order valence-electron chi connectivity index (χ0n) is 10.9. The van der Waals surface area contributed by atoms with E-state index in [1.54, 1.807) is 11.8 Å². The van der Waals surface area contributed by atoms with Crippen LogP contribution in [0.4, 0.5) is 0 Å². The molecule has 0 fully saturated rings. The summed E-state index contributed by atoms with van der Waals surface area (Å²) in [5, 5.41) is 9.62. The number of aliphatic hydroxyl groups is 1. The van der Waals surface area contributed by atoms with E-state index < -0.39 is 0 Å². The van der Waals surface area contributed by atoms with Crippen LogP contribution in [-0.2, 0) is 10.5 Å². The minimum atomic E-state index is -0.356. The maximum Gasteiger partial charge on any atom is 0.0863 e. The molecular formula is C14H22O2S. The fourth-order valence-electron chi connectivity index (χ4n) is 1.77. The van der Waals surface area contributed by atoms with E-state index in [-0.39, 0.29) is 6.10 Å². The molecule has 0 bridgehead atoms. The van der Waals surface area contributed by atoms with E-state index in [2.05, 4.69) is 32.0 Å². The zero-order valence-corrected chi connectivity index (χ0v) is 11.7. The van der Waals surface area contributed by atoms with Crippen molar-refractivity contribution in [3.8, 4) is 0 Å². The molecule has 1 aromatic rings. The molecule has 96 valence electrons. The number of benzene rings is 1. The molecule has 0 saturated heterocycles. The fraction of sp³-hybridized carbons (Fsp3) is 0.571. The molecule has 0 aliphatic carbocycles. The smallest absolute Gasteiger partial charge is 0.0863 e. The van der Waals surface area contributed by atoms with Crippen molar-refractivity contribution in [3.63, 3.8) is 0 Å². The Morgan fingerprint density at radius 3 is 2.47 bits per heavy atom. The number of ether oxygens (including phenoxy) is 1. The van der Waals surface area contributed by atoms with Gasteiger partial charge in [0.05, 0.1) is 12.7 Å². The summed E-state index contributed by atoms with van der Waals surface area (Å²) in [5.74, 6) is 1.68. The molecule has 1 N–H and O–H groups in total. The minimum absolute atomic E-state index is 0.356. The van der Waals surface area contributed by atoms with Crippen LogP contribution in [0.15, 0.2) is 18.2 Å². The van der Waals surface area contributed by atoms with Gasteiger partial charge in [-0.3, -0.25) is 0 Å². The van der Waals surface area contributed by atoms with Crippen molar-refractivity contribution in [1.29, 1.82) is 0 Å². The Bertz CT molecular complexity index is 319. The lowest BCUT2D eigenvalue weighted by molar-refractivity contribution is 0.0551. The maximum absolute atomic E-state index is 9.62. The van der Waals surface area contributed by atoms with Gasteiger partial charge in [-0.2, -0.15) is 11.8 Å². The molecule has 0 aliphatic rings. The number of aliphatic hydroxyl groups excluding tert-OH is 1. The van der Waals surface area contributed by atoms with Crippen molar-refractivity contribution in [2.45, 2.75) is 32.6 Å². The van der Waals surface area contributed by atoms with Crippen molar-refractivity contribution in [2.75, 3.05) is 19.0 Å². The van der Waals surface area contributed by atoms with Gasteiger partial charge in [0.25, 0.3) is 0 Å². The highest BCUT2D eigenvalue weighted by molar-refractivity contribution is 7.98. The van der Waals surface area contributed by atoms with Gasteiger partial charge in [-0.15, -0.1) is 0 Å². The third-order valence-corrected chi connectivity index (χ3v) is 3.53. The van der Waals surface area contributed by atoms with Crippen LogP contribution in [-0.4, -0.2) is 30.2 Å². The van der Waals surface area contributed by atoms with Crippen molar-refractivity contribution >= 4 is 11.8 Å². The summed E-state index contributed by atoms with van der Waals surface area (Å²) >= 11 is 1.75. The van der Waals surface area contributed by atoms with E-state index in [0.29, 0.717) is 13.2 Å². The van der Waals surface area contributed by atoms with Crippen molar-refractivity contribution < 1.29 is 9.84 Å². The summed E-state index contributed by atoms with van der Waals surface area (Å²) in [7, 11) is 0. The second-order valence-corrected chi connectivity index (χ2v) is 5.35. The first-order valence-corrected chi connectivity index (χ1v) is 7.18. The van der Waals surface area contributed by atoms with E-state index in [9.17, 15) is 5.11 Å². The molecule has 0 spiro atoms. The maximum atomic E-state index is 9.62. The Kier molecular flexibility index (Phi) is 6.63. The molecule has 0 amide bonds. The number of aryl methyl sites for hydroxylation is 2. The minimum Gasteiger partial charge on any atom is -0.390 e. The van der Waals surface area contributed by atoms with Crippen LogP contribution in [0.5, 0.6) is 0 Å². The molecule has 1 rings (SSSR count). The lowest BCUT2D eigenvalue weighted by atomic mass is 10.1. The zero-order chi connectivity index (χ0) is 12.7. The Labute approximate surface area is 108 Å². The quantitative estimate of drug-likeness (QED) is 0.811. The van der Waals surface area contributed by atoms with Crippen LogP contribution >= 0.6 is 11.8 Å². The SMILES string of the molecule is CCOCC(O)CSCc1cc(C)cc(C)c1. The summed E-state index contributed by atoms with van der Waals surface area (Å²) in [6.07, 6.45) is -0.356. The molecule has 1 atom stereocenters. The highest BCUT2D eigenvalue weighted by Gasteiger charge is 2.04. The number of rotatable bonds is 7. The first-order valence-electron chi connectivity index (χ1n) is 6.02. The number of hydrogen-bond donors (Lipinski definition) is 1. The topological polar surface area (TPSA) is 29.5 Å². The van der Waals surface area contributed by atoms with Crippen molar-refractivity contribution in [2.24, 2.45) is 0 Å². The van der Waals surface area contributed by atoms with Crippen LogP contribution in [0.25, 0.3) is 0 Å². The van der Waals surface area contributed by atoms with E-state index >= 15 is 0 Å². The van der Waals surface area contributed by atoms with Gasteiger partial charge in [0.15, 0.2) is 0 Å². The standard InChI is InChI=1S/C14H22O2S/c1-4-16-8-14(15)10-17-9-13-6-11(2)5-12(3)7-13/h5-7,14-15H,4,8-10H2,1-3H3. The summed E-state index contributed by atoms with van der Waals surface area (Å²) < 4.78 is 5.17. The average molecular weight is 254 g/mol. The lowest BCUT2D eigenvalue weighted by Crippen LogP contribution is -2.17. The number of thioether (sulfide) groups is 1. The molecule has 0 aromatic heterocycles. The third kappa shape index (κ3) is 6.10. The van der Waals surface area contributed by atoms with E-state index in [4.69, 9.17) is 4.74 Å². The van der Waals surface area contributed by atoms with Crippen LogP contribution in [0.1, 0.15) is 23.6 Å². The summed E-state index contributed by atoms with van der Waals surface area (Å²) in [4.78, 5) is 0. The molecular weight excluding hydrogens is 232 g/mol. The van der Waals surface area contributed by atoms with Gasteiger partial charge in [0.1, 0.15) is 0 Å². The van der Waals surface area contributed by atoms with Gasteiger partial charge in [-0.25, -0.2) is 0 Å². The van der Waals surface area contributed by atoms with Gasteiger partial charge < -0.3 is 9.84 Å². The molecule has 0 radical (unpaired) electrons. The summed E-state index contributed by atoms with van der Waals surface area (Å²) in [6, 6.07) is 6.59. The Morgan fingerprint density at radius 1 is 1.24 bits per heavy atom. The molecule has 1 unspecified atom stereocenters. The van der Waals surface area contributed by atoms with E-state index in [0.717, 1.165) is 11.5 Å². The highest BCUT2D eigenvalue weighted by Crippen LogP contribution is 2.16. The van der Waals surface area contributed by atoms with Crippen molar-refractivity contribution in [3.05, 3.63) is 34.9 Å². The molecule has 0 heterocycles. The van der Waals surface area contributed by atoms with Crippen LogP contribution < -0.4 is 0 Å². The second kappa shape index (κ2) is 7.75. The fourth-order valence-corrected chi connectivity index (χ4v) is 2.66. The predicted octanol–water partition coefficient (Wildman–Crippen LogP) is 2.93. The van der Waals surface area contributed by atoms with Gasteiger partial charge in [-0.05, 0) is 26.3 Å². The lowest BCUT2D eigenvalue weighted by Gasteiger charge is -2.10.